The van der Waals surface area contributed by atoms with Crippen LogP contribution in [0.1, 0.15) is 40.0 Å². The minimum absolute atomic E-state index is 0.00146. The SMILES string of the molecule is CCC1(CO)COC(=O)C(CC)(CC)N1. The quantitative estimate of drug-likeness (QED) is 0.682. The van der Waals surface area contributed by atoms with Crippen molar-refractivity contribution < 1.29 is 14.6 Å². The van der Waals surface area contributed by atoms with Crippen LogP contribution in [0.3, 0.4) is 0 Å². The summed E-state index contributed by atoms with van der Waals surface area (Å²) in [6.45, 7) is 6.17. The van der Waals surface area contributed by atoms with Crippen molar-refractivity contribution in [2.75, 3.05) is 13.2 Å². The second kappa shape index (κ2) is 4.49. The van der Waals surface area contributed by atoms with E-state index in [0.29, 0.717) is 12.8 Å². The Balaban J connectivity index is 2.92. The van der Waals surface area contributed by atoms with Gasteiger partial charge in [0.25, 0.3) is 0 Å². The van der Waals surface area contributed by atoms with Gasteiger partial charge in [-0.2, -0.15) is 0 Å². The first kappa shape index (κ1) is 12.5. The summed E-state index contributed by atoms with van der Waals surface area (Å²) in [7, 11) is 0. The summed E-state index contributed by atoms with van der Waals surface area (Å²) < 4.78 is 5.21. The smallest absolute Gasteiger partial charge is 0.326 e. The molecule has 0 saturated carbocycles. The molecule has 1 heterocycles. The van der Waals surface area contributed by atoms with E-state index >= 15 is 0 Å². The topological polar surface area (TPSA) is 58.6 Å². The first-order valence-electron chi connectivity index (χ1n) is 5.65. The van der Waals surface area contributed by atoms with Crippen LogP contribution in [-0.2, 0) is 9.53 Å². The van der Waals surface area contributed by atoms with E-state index in [1.807, 2.05) is 20.8 Å². The summed E-state index contributed by atoms with van der Waals surface area (Å²) in [5, 5.41) is 12.7. The molecule has 4 heteroatoms. The van der Waals surface area contributed by atoms with Gasteiger partial charge in [0, 0.05) is 0 Å². The van der Waals surface area contributed by atoms with Crippen LogP contribution in [0, 0.1) is 0 Å². The van der Waals surface area contributed by atoms with Gasteiger partial charge in [-0.15, -0.1) is 0 Å². The Morgan fingerprint density at radius 3 is 2.33 bits per heavy atom. The van der Waals surface area contributed by atoms with Gasteiger partial charge in [-0.1, -0.05) is 20.8 Å². The molecule has 1 aliphatic heterocycles. The third-order valence-electron chi connectivity index (χ3n) is 3.56. The third-order valence-corrected chi connectivity index (χ3v) is 3.56. The lowest BCUT2D eigenvalue weighted by atomic mass is 9.84. The molecule has 0 aromatic heterocycles. The molecule has 0 bridgehead atoms. The highest BCUT2D eigenvalue weighted by Gasteiger charge is 2.48. The van der Waals surface area contributed by atoms with Crippen LogP contribution >= 0.6 is 0 Å². The molecule has 0 spiro atoms. The van der Waals surface area contributed by atoms with Gasteiger partial charge in [0.1, 0.15) is 12.1 Å². The Kier molecular flexibility index (Phi) is 3.73. The zero-order chi connectivity index (χ0) is 11.5. The molecule has 1 unspecified atom stereocenters. The van der Waals surface area contributed by atoms with Crippen molar-refractivity contribution in [3.05, 3.63) is 0 Å². The summed E-state index contributed by atoms with van der Waals surface area (Å²) in [6, 6.07) is 0. The maximum atomic E-state index is 11.7. The van der Waals surface area contributed by atoms with Crippen molar-refractivity contribution in [3.8, 4) is 0 Å². The number of aliphatic hydroxyl groups excluding tert-OH is 1. The summed E-state index contributed by atoms with van der Waals surface area (Å²) in [6.07, 6.45) is 2.12. The lowest BCUT2D eigenvalue weighted by molar-refractivity contribution is -0.166. The molecule has 1 fully saturated rings. The Labute approximate surface area is 91.0 Å². The van der Waals surface area contributed by atoms with Crippen LogP contribution in [0.2, 0.25) is 0 Å². The van der Waals surface area contributed by atoms with Gasteiger partial charge in [-0.3, -0.25) is 10.1 Å². The number of ether oxygens (including phenoxy) is 1. The molecule has 0 aromatic rings. The molecule has 2 N–H and O–H groups in total. The van der Waals surface area contributed by atoms with Crippen molar-refractivity contribution >= 4 is 5.97 Å². The molecular weight excluding hydrogens is 194 g/mol. The molecular formula is C11H21NO3. The number of hydrogen-bond acceptors (Lipinski definition) is 4. The van der Waals surface area contributed by atoms with Gasteiger partial charge in [-0.05, 0) is 19.3 Å². The van der Waals surface area contributed by atoms with Gasteiger partial charge >= 0.3 is 5.97 Å². The van der Waals surface area contributed by atoms with E-state index in [4.69, 9.17) is 4.74 Å². The monoisotopic (exact) mass is 215 g/mol. The highest BCUT2D eigenvalue weighted by molar-refractivity contribution is 5.81. The van der Waals surface area contributed by atoms with E-state index in [1.165, 1.54) is 0 Å². The Morgan fingerprint density at radius 1 is 1.33 bits per heavy atom. The van der Waals surface area contributed by atoms with E-state index in [-0.39, 0.29) is 19.2 Å². The zero-order valence-electron chi connectivity index (χ0n) is 9.80. The fraction of sp³-hybridized carbons (Fsp3) is 0.909. The van der Waals surface area contributed by atoms with E-state index in [9.17, 15) is 9.90 Å². The summed E-state index contributed by atoms with van der Waals surface area (Å²) in [5.74, 6) is -0.190. The normalized spacial score (nSPS) is 30.0. The number of esters is 1. The van der Waals surface area contributed by atoms with Crippen LogP contribution < -0.4 is 5.32 Å². The van der Waals surface area contributed by atoms with E-state index in [2.05, 4.69) is 5.32 Å². The Bertz CT molecular complexity index is 232. The van der Waals surface area contributed by atoms with Crippen LogP contribution in [0.5, 0.6) is 0 Å². The van der Waals surface area contributed by atoms with Crippen molar-refractivity contribution in [2.45, 2.75) is 51.1 Å². The fourth-order valence-corrected chi connectivity index (χ4v) is 2.04. The minimum atomic E-state index is -0.614. The number of hydrogen-bond donors (Lipinski definition) is 2. The standard InChI is InChI=1S/C11H21NO3/c1-4-10(7-13)8-15-9(14)11(5-2,6-3)12-10/h12-13H,4-8H2,1-3H3. The average molecular weight is 215 g/mol. The van der Waals surface area contributed by atoms with Crippen molar-refractivity contribution in [1.82, 2.24) is 5.32 Å². The zero-order valence-corrected chi connectivity index (χ0v) is 9.80. The maximum absolute atomic E-state index is 11.7. The van der Waals surface area contributed by atoms with Gasteiger partial charge in [0.05, 0.1) is 12.1 Å². The van der Waals surface area contributed by atoms with Crippen molar-refractivity contribution in [1.29, 1.82) is 0 Å². The Hall–Kier alpha value is -0.610. The van der Waals surface area contributed by atoms with Crippen molar-refractivity contribution in [3.63, 3.8) is 0 Å². The first-order valence-corrected chi connectivity index (χ1v) is 5.65. The fourth-order valence-electron chi connectivity index (χ4n) is 2.04. The van der Waals surface area contributed by atoms with Gasteiger partial charge in [-0.25, -0.2) is 0 Å². The first-order chi connectivity index (χ1) is 7.08. The largest absolute Gasteiger partial charge is 0.462 e. The van der Waals surface area contributed by atoms with Gasteiger partial charge < -0.3 is 9.84 Å². The molecule has 88 valence electrons. The lowest BCUT2D eigenvalue weighted by Crippen LogP contribution is -2.69. The lowest BCUT2D eigenvalue weighted by Gasteiger charge is -2.46. The van der Waals surface area contributed by atoms with Gasteiger partial charge in [0.2, 0.25) is 0 Å². The summed E-state index contributed by atoms with van der Waals surface area (Å²) in [4.78, 5) is 11.7. The van der Waals surface area contributed by atoms with Crippen LogP contribution in [0.4, 0.5) is 0 Å². The number of carbonyl (C=O) groups excluding carboxylic acids is 1. The summed E-state index contributed by atoms with van der Waals surface area (Å²) in [5.41, 5.74) is -1.07. The number of carbonyl (C=O) groups is 1. The molecule has 0 aliphatic carbocycles. The number of nitrogens with one attached hydrogen (secondary N) is 1. The highest BCUT2D eigenvalue weighted by Crippen LogP contribution is 2.28. The number of cyclic esters (lactones) is 1. The molecule has 1 aliphatic rings. The van der Waals surface area contributed by atoms with Crippen LogP contribution in [0.25, 0.3) is 0 Å². The number of aliphatic hydroxyl groups is 1. The Morgan fingerprint density at radius 2 is 1.93 bits per heavy atom. The van der Waals surface area contributed by atoms with E-state index in [1.54, 1.807) is 0 Å². The molecule has 1 rings (SSSR count). The molecule has 0 amide bonds. The highest BCUT2D eigenvalue weighted by atomic mass is 16.5. The van der Waals surface area contributed by atoms with E-state index in [0.717, 1.165) is 6.42 Å². The van der Waals surface area contributed by atoms with Crippen LogP contribution in [-0.4, -0.2) is 35.4 Å². The second-order valence-electron chi connectivity index (χ2n) is 4.28. The molecule has 15 heavy (non-hydrogen) atoms. The van der Waals surface area contributed by atoms with E-state index < -0.39 is 11.1 Å². The second-order valence-corrected chi connectivity index (χ2v) is 4.28. The van der Waals surface area contributed by atoms with Crippen molar-refractivity contribution in [2.24, 2.45) is 0 Å². The molecule has 1 saturated heterocycles. The summed E-state index contributed by atoms with van der Waals surface area (Å²) >= 11 is 0. The van der Waals surface area contributed by atoms with Crippen LogP contribution in [0.15, 0.2) is 0 Å². The predicted molar refractivity (Wildman–Crippen MR) is 57.5 cm³/mol. The van der Waals surface area contributed by atoms with Gasteiger partial charge in [0.15, 0.2) is 0 Å². The molecule has 0 aromatic carbocycles. The third kappa shape index (κ3) is 2.01. The number of rotatable bonds is 4. The maximum Gasteiger partial charge on any atom is 0.326 e. The molecule has 0 radical (unpaired) electrons. The average Bonchev–Trinajstić information content (AvgIpc) is 2.31. The molecule has 4 nitrogen and oxygen atoms in total. The predicted octanol–water partition coefficient (Wildman–Crippen LogP) is 0.833. The minimum Gasteiger partial charge on any atom is -0.462 e. The molecule has 1 atom stereocenters. The number of morpholine rings is 1.